The summed E-state index contributed by atoms with van der Waals surface area (Å²) < 4.78 is 0. The third kappa shape index (κ3) is 4.04. The van der Waals surface area contributed by atoms with Gasteiger partial charge in [0, 0.05) is 25.1 Å². The minimum absolute atomic E-state index is 0.133. The number of nitriles is 1. The van der Waals surface area contributed by atoms with Crippen molar-refractivity contribution >= 4 is 11.8 Å². The van der Waals surface area contributed by atoms with Crippen molar-refractivity contribution in [2.24, 2.45) is 0 Å². The second kappa shape index (κ2) is 7.63. The quantitative estimate of drug-likeness (QED) is 0.914. The molecule has 1 saturated heterocycles. The van der Waals surface area contributed by atoms with Gasteiger partial charge in [-0.25, -0.2) is 0 Å². The summed E-state index contributed by atoms with van der Waals surface area (Å²) in [6.45, 7) is 1.19. The molecule has 0 spiro atoms. The van der Waals surface area contributed by atoms with Crippen molar-refractivity contribution < 1.29 is 9.59 Å². The molecule has 0 bridgehead atoms. The number of hydrogen-bond donors (Lipinski definition) is 1. The topological polar surface area (TPSA) is 73.2 Å². The lowest BCUT2D eigenvalue weighted by molar-refractivity contribution is -0.128. The molecule has 1 aliphatic heterocycles. The van der Waals surface area contributed by atoms with Crippen molar-refractivity contribution in [3.63, 3.8) is 0 Å². The highest BCUT2D eigenvalue weighted by Gasteiger charge is 2.25. The monoisotopic (exact) mass is 333 g/mol. The summed E-state index contributed by atoms with van der Waals surface area (Å²) in [5.74, 6) is -0.0847. The van der Waals surface area contributed by atoms with Crippen molar-refractivity contribution in [3.8, 4) is 6.07 Å². The number of likely N-dealkylation sites (tertiary alicyclic amines) is 1. The standard InChI is InChI=1S/C20H19N3O2/c21-13-15-8-10-17(11-9-15)20(25)22-18(16-5-2-1-3-6-16)14-23-12-4-7-19(23)24/h1-3,5-6,8-11,18H,4,7,12,14H2,(H,22,25). The highest BCUT2D eigenvalue weighted by Crippen LogP contribution is 2.19. The van der Waals surface area contributed by atoms with E-state index >= 15 is 0 Å². The molecule has 0 saturated carbocycles. The van der Waals surface area contributed by atoms with Crippen molar-refractivity contribution in [2.45, 2.75) is 18.9 Å². The second-order valence-corrected chi connectivity index (χ2v) is 6.07. The van der Waals surface area contributed by atoms with Gasteiger partial charge in [0.05, 0.1) is 17.7 Å². The van der Waals surface area contributed by atoms with Crippen molar-refractivity contribution in [2.75, 3.05) is 13.1 Å². The predicted octanol–water partition coefficient (Wildman–Crippen LogP) is 2.65. The molecule has 5 nitrogen and oxygen atoms in total. The Balaban J connectivity index is 1.77. The van der Waals surface area contributed by atoms with Gasteiger partial charge >= 0.3 is 0 Å². The van der Waals surface area contributed by atoms with E-state index in [2.05, 4.69) is 5.32 Å². The molecule has 25 heavy (non-hydrogen) atoms. The minimum Gasteiger partial charge on any atom is -0.343 e. The minimum atomic E-state index is -0.272. The molecule has 0 aromatic heterocycles. The Morgan fingerprint density at radius 1 is 1.16 bits per heavy atom. The van der Waals surface area contributed by atoms with Crippen LogP contribution in [0.1, 0.15) is 40.4 Å². The fourth-order valence-electron chi connectivity index (χ4n) is 2.97. The predicted molar refractivity (Wildman–Crippen MR) is 93.6 cm³/mol. The molecule has 1 fully saturated rings. The van der Waals surface area contributed by atoms with Crippen LogP contribution in [-0.4, -0.2) is 29.8 Å². The fourth-order valence-corrected chi connectivity index (χ4v) is 2.97. The molecule has 1 heterocycles. The van der Waals surface area contributed by atoms with Crippen LogP contribution >= 0.6 is 0 Å². The molecule has 3 rings (SSSR count). The Labute approximate surface area is 146 Å². The highest BCUT2D eigenvalue weighted by molar-refractivity contribution is 5.94. The van der Waals surface area contributed by atoms with Crippen molar-refractivity contribution in [1.29, 1.82) is 5.26 Å². The fraction of sp³-hybridized carbons (Fsp3) is 0.250. The summed E-state index contributed by atoms with van der Waals surface area (Å²) in [5.41, 5.74) is 1.97. The third-order valence-corrected chi connectivity index (χ3v) is 4.36. The molecule has 126 valence electrons. The lowest BCUT2D eigenvalue weighted by atomic mass is 10.1. The molecule has 1 atom stereocenters. The molecule has 5 heteroatoms. The normalized spacial score (nSPS) is 14.8. The number of nitrogens with one attached hydrogen (secondary N) is 1. The first-order valence-electron chi connectivity index (χ1n) is 8.31. The Morgan fingerprint density at radius 3 is 2.48 bits per heavy atom. The van der Waals surface area contributed by atoms with Gasteiger partial charge in [0.2, 0.25) is 5.91 Å². The van der Waals surface area contributed by atoms with E-state index in [9.17, 15) is 9.59 Å². The number of carbonyl (C=O) groups excluding carboxylic acids is 2. The van der Waals surface area contributed by atoms with Crippen molar-refractivity contribution in [3.05, 3.63) is 71.3 Å². The van der Waals surface area contributed by atoms with Crippen LogP contribution < -0.4 is 5.32 Å². The van der Waals surface area contributed by atoms with E-state index in [1.165, 1.54) is 0 Å². The van der Waals surface area contributed by atoms with Crippen LogP contribution in [0.15, 0.2) is 54.6 Å². The van der Waals surface area contributed by atoms with E-state index in [-0.39, 0.29) is 17.9 Å². The van der Waals surface area contributed by atoms with E-state index in [4.69, 9.17) is 5.26 Å². The van der Waals surface area contributed by atoms with Gasteiger partial charge in [0.1, 0.15) is 0 Å². The maximum absolute atomic E-state index is 12.6. The number of carbonyl (C=O) groups is 2. The summed E-state index contributed by atoms with van der Waals surface area (Å²) in [5, 5.41) is 11.9. The molecule has 2 aromatic rings. The molecule has 1 unspecified atom stereocenters. The second-order valence-electron chi connectivity index (χ2n) is 6.07. The van der Waals surface area contributed by atoms with Crippen LogP contribution in [0.4, 0.5) is 0 Å². The van der Waals surface area contributed by atoms with Crippen LogP contribution in [-0.2, 0) is 4.79 Å². The Kier molecular flexibility index (Phi) is 5.10. The van der Waals surface area contributed by atoms with Gasteiger partial charge in [-0.2, -0.15) is 5.26 Å². The zero-order valence-corrected chi connectivity index (χ0v) is 13.8. The van der Waals surface area contributed by atoms with Crippen LogP contribution in [0, 0.1) is 11.3 Å². The third-order valence-electron chi connectivity index (χ3n) is 4.36. The maximum atomic E-state index is 12.6. The summed E-state index contributed by atoms with van der Waals surface area (Å²) in [6, 6.07) is 17.9. The van der Waals surface area contributed by atoms with Gasteiger partial charge in [0.15, 0.2) is 0 Å². The molecule has 1 aliphatic rings. The summed E-state index contributed by atoms with van der Waals surface area (Å²) in [6.07, 6.45) is 1.44. The van der Waals surface area contributed by atoms with Crippen LogP contribution in [0.5, 0.6) is 0 Å². The van der Waals surface area contributed by atoms with Gasteiger partial charge in [-0.1, -0.05) is 30.3 Å². The molecule has 0 aliphatic carbocycles. The van der Waals surface area contributed by atoms with Gasteiger partial charge in [-0.05, 0) is 36.2 Å². The van der Waals surface area contributed by atoms with Crippen LogP contribution in [0.25, 0.3) is 0 Å². The largest absolute Gasteiger partial charge is 0.343 e. The molecular weight excluding hydrogens is 314 g/mol. The van der Waals surface area contributed by atoms with Crippen LogP contribution in [0.2, 0.25) is 0 Å². The number of amides is 2. The van der Waals surface area contributed by atoms with E-state index in [0.717, 1.165) is 18.5 Å². The zero-order valence-electron chi connectivity index (χ0n) is 13.8. The first kappa shape index (κ1) is 16.7. The molecular formula is C20H19N3O2. The Hall–Kier alpha value is -3.13. The van der Waals surface area contributed by atoms with E-state index in [1.807, 2.05) is 36.4 Å². The van der Waals surface area contributed by atoms with E-state index < -0.39 is 0 Å². The highest BCUT2D eigenvalue weighted by atomic mass is 16.2. The zero-order chi connectivity index (χ0) is 17.6. The number of hydrogen-bond acceptors (Lipinski definition) is 3. The maximum Gasteiger partial charge on any atom is 0.251 e. The lowest BCUT2D eigenvalue weighted by Crippen LogP contribution is -2.38. The van der Waals surface area contributed by atoms with Gasteiger partial charge in [-0.15, -0.1) is 0 Å². The summed E-state index contributed by atoms with van der Waals surface area (Å²) >= 11 is 0. The van der Waals surface area contributed by atoms with Crippen LogP contribution in [0.3, 0.4) is 0 Å². The average Bonchev–Trinajstić information content (AvgIpc) is 3.06. The number of rotatable bonds is 5. The Bertz CT molecular complexity index is 794. The molecule has 2 amide bonds. The summed E-state index contributed by atoms with van der Waals surface area (Å²) in [7, 11) is 0. The van der Waals surface area contributed by atoms with Gasteiger partial charge < -0.3 is 10.2 Å². The van der Waals surface area contributed by atoms with Crippen molar-refractivity contribution in [1.82, 2.24) is 10.2 Å². The van der Waals surface area contributed by atoms with Gasteiger partial charge in [0.25, 0.3) is 5.91 Å². The average molecular weight is 333 g/mol. The summed E-state index contributed by atoms with van der Waals surface area (Å²) in [4.78, 5) is 26.3. The number of benzene rings is 2. The molecule has 0 radical (unpaired) electrons. The first-order chi connectivity index (χ1) is 12.2. The molecule has 2 aromatic carbocycles. The SMILES string of the molecule is N#Cc1ccc(C(=O)NC(CN2CCCC2=O)c2ccccc2)cc1. The molecule has 1 N–H and O–H groups in total. The van der Waals surface area contributed by atoms with E-state index in [0.29, 0.717) is 24.1 Å². The smallest absolute Gasteiger partial charge is 0.251 e. The Morgan fingerprint density at radius 2 is 1.88 bits per heavy atom. The first-order valence-corrected chi connectivity index (χ1v) is 8.31. The lowest BCUT2D eigenvalue weighted by Gasteiger charge is -2.25. The van der Waals surface area contributed by atoms with Gasteiger partial charge in [-0.3, -0.25) is 9.59 Å². The van der Waals surface area contributed by atoms with E-state index in [1.54, 1.807) is 29.2 Å². The number of nitrogens with zero attached hydrogens (tertiary/aromatic N) is 2.